The van der Waals surface area contributed by atoms with Gasteiger partial charge in [-0.25, -0.2) is 4.79 Å². The summed E-state index contributed by atoms with van der Waals surface area (Å²) in [5, 5.41) is 17.4. The molecular weight excluding hydrogens is 652 g/mol. The number of likely N-dealkylation sites (tertiary alicyclic amines) is 1. The van der Waals surface area contributed by atoms with Gasteiger partial charge in [0.2, 0.25) is 24.2 Å². The molecule has 244 valence electrons. The molecule has 3 saturated heterocycles. The summed E-state index contributed by atoms with van der Waals surface area (Å²) in [5.41, 5.74) is 4.99. The number of oxime groups is 1. The number of nitrogen functional groups attached to an aromatic ring is 1. The van der Waals surface area contributed by atoms with Gasteiger partial charge in [-0.3, -0.25) is 24.1 Å². The molecule has 4 aliphatic heterocycles. The van der Waals surface area contributed by atoms with Gasteiger partial charge < -0.3 is 48.4 Å². The Kier molecular flexibility index (Phi) is 10.4. The summed E-state index contributed by atoms with van der Waals surface area (Å²) in [4.78, 5) is 71.9. The number of carbonyl (C=O) groups is 5. The fraction of sp³-hybridized carbons (Fsp3) is 0.538. The zero-order chi connectivity index (χ0) is 31.8. The van der Waals surface area contributed by atoms with Crippen molar-refractivity contribution in [2.45, 2.75) is 51.1 Å². The molecule has 16 nitrogen and oxygen atoms in total. The van der Waals surface area contributed by atoms with E-state index in [4.69, 9.17) is 15.2 Å². The van der Waals surface area contributed by atoms with Crippen LogP contribution in [0.4, 0.5) is 5.13 Å². The predicted molar refractivity (Wildman–Crippen MR) is 157 cm³/mol. The number of hydrogen-bond donors (Lipinski definition) is 4. The molecule has 3 atom stereocenters. The van der Waals surface area contributed by atoms with Gasteiger partial charge in [-0.2, -0.15) is 9.36 Å². The number of nitrogens with two attached hydrogens (primary N) is 1. The molecule has 0 spiro atoms. The molecule has 0 unspecified atom stereocenters. The molecule has 3 amide bonds. The number of esters is 2. The molecule has 1 aromatic rings. The molecular formula is C26H32ClN8O8S2-. The molecule has 0 bridgehead atoms. The lowest BCUT2D eigenvalue weighted by Crippen LogP contribution is -3.00. The number of anilines is 1. The lowest BCUT2D eigenvalue weighted by atomic mass is 9.98. The fourth-order valence-corrected chi connectivity index (χ4v) is 6.87. The maximum Gasteiger partial charge on any atom is 0.358 e. The number of hydrogen-bond acceptors (Lipinski definition) is 15. The number of rotatable bonds is 8. The van der Waals surface area contributed by atoms with Crippen molar-refractivity contribution >= 4 is 63.8 Å². The molecule has 0 aromatic carbocycles. The van der Waals surface area contributed by atoms with Crippen LogP contribution in [0.15, 0.2) is 28.1 Å². The first kappa shape index (κ1) is 34.1. The van der Waals surface area contributed by atoms with Crippen LogP contribution in [-0.4, -0.2) is 109 Å². The summed E-state index contributed by atoms with van der Waals surface area (Å²) in [6, 6.07) is -0.992. The highest BCUT2D eigenvalue weighted by Crippen LogP contribution is 2.42. The van der Waals surface area contributed by atoms with Crippen LogP contribution in [-0.2, 0) is 33.4 Å². The van der Waals surface area contributed by atoms with Gasteiger partial charge in [0, 0.05) is 42.0 Å². The van der Waals surface area contributed by atoms with Gasteiger partial charge in [0.05, 0.1) is 5.41 Å². The molecule has 0 saturated carbocycles. The van der Waals surface area contributed by atoms with Gasteiger partial charge in [0.15, 0.2) is 5.13 Å². The Morgan fingerprint density at radius 2 is 2.02 bits per heavy atom. The van der Waals surface area contributed by atoms with Crippen molar-refractivity contribution in [3.8, 4) is 0 Å². The monoisotopic (exact) mass is 683 g/mol. The highest BCUT2D eigenvalue weighted by atomic mass is 35.5. The third-order valence-corrected chi connectivity index (χ3v) is 9.26. The number of nitrogens with zero attached hydrogens (tertiary/aromatic N) is 5. The molecule has 0 aliphatic carbocycles. The standard InChI is InChI=1S/C26H32N8O8S2.ClH/c1-26(2,3)24(39)42-11-41-23(38)17-13(8-12-5-7-33(20(12)36)14-4-6-28-9-14)10-43-22-16(21(37)34(17)22)29-19(35)15(31-40)18-30-25(27)44-32-18;/h8,14,16,22,28,40H,4-7,9-11H2,1-3H3,(H,29,35)(H2,27,30,32);1H/p-1/b12-8+,31-15-;/t14-,16-,22-;/m1./s1. The molecule has 19 heteroatoms. The second-order valence-corrected chi connectivity index (χ2v) is 13.3. The highest BCUT2D eigenvalue weighted by molar-refractivity contribution is 8.00. The Morgan fingerprint density at radius 1 is 1.27 bits per heavy atom. The SMILES string of the molecule is CC(C)(C)C(=O)OCOC(=O)C1=C(/C=C2\CCN([C@@H]3CCNC3)C2=O)CS[C@@H]2[C@H](NC(=O)/C(=N\O)c3nsc(N)n3)C(=O)N12.[Cl-]. The van der Waals surface area contributed by atoms with E-state index in [1.165, 1.54) is 16.7 Å². The van der Waals surface area contributed by atoms with Gasteiger partial charge in [0.1, 0.15) is 17.1 Å². The van der Waals surface area contributed by atoms with Gasteiger partial charge in [-0.05, 0) is 51.8 Å². The van der Waals surface area contributed by atoms with Crippen molar-refractivity contribution in [1.29, 1.82) is 0 Å². The van der Waals surface area contributed by atoms with Crippen LogP contribution in [0.5, 0.6) is 0 Å². The predicted octanol–water partition coefficient (Wildman–Crippen LogP) is -3.43. The topological polar surface area (TPSA) is 219 Å². The lowest BCUT2D eigenvalue weighted by molar-refractivity contribution is -0.173. The van der Waals surface area contributed by atoms with Gasteiger partial charge in [-0.15, -0.1) is 11.8 Å². The average Bonchev–Trinajstić information content (AvgIpc) is 3.74. The number of ether oxygens (including phenoxy) is 2. The van der Waals surface area contributed by atoms with Gasteiger partial charge >= 0.3 is 11.9 Å². The Morgan fingerprint density at radius 3 is 2.64 bits per heavy atom. The minimum Gasteiger partial charge on any atom is -1.00 e. The molecule has 0 radical (unpaired) electrons. The molecule has 1 aromatic heterocycles. The number of nitrogens with one attached hydrogen (secondary N) is 2. The molecule has 5 heterocycles. The number of carbonyl (C=O) groups excluding carboxylic acids is 5. The van der Waals surface area contributed by atoms with Crippen molar-refractivity contribution in [3.05, 3.63) is 28.7 Å². The Balaban J connectivity index is 0.00000461. The highest BCUT2D eigenvalue weighted by Gasteiger charge is 2.55. The fourth-order valence-electron chi connectivity index (χ4n) is 5.13. The van der Waals surface area contributed by atoms with Gasteiger partial charge in [-0.1, -0.05) is 5.16 Å². The van der Waals surface area contributed by atoms with Crippen LogP contribution in [0.2, 0.25) is 0 Å². The minimum absolute atomic E-state index is 0. The summed E-state index contributed by atoms with van der Waals surface area (Å²) in [6.07, 6.45) is 2.96. The molecule has 4 aliphatic rings. The third-order valence-electron chi connectivity index (χ3n) is 7.42. The van der Waals surface area contributed by atoms with E-state index >= 15 is 0 Å². The van der Waals surface area contributed by atoms with Crippen LogP contribution in [0.3, 0.4) is 0 Å². The van der Waals surface area contributed by atoms with E-state index in [0.29, 0.717) is 30.7 Å². The zero-order valence-electron chi connectivity index (χ0n) is 24.6. The summed E-state index contributed by atoms with van der Waals surface area (Å²) >= 11 is 2.06. The van der Waals surface area contributed by atoms with E-state index in [2.05, 4.69) is 25.1 Å². The minimum atomic E-state index is -1.09. The first-order valence-corrected chi connectivity index (χ1v) is 15.6. The Hall–Kier alpha value is -3.74. The van der Waals surface area contributed by atoms with E-state index in [9.17, 15) is 29.2 Å². The molecule has 45 heavy (non-hydrogen) atoms. The Bertz CT molecular complexity index is 1480. The molecule has 5 N–H and O–H groups in total. The number of amides is 3. The van der Waals surface area contributed by atoms with Gasteiger partial charge in [0.25, 0.3) is 11.8 Å². The van der Waals surface area contributed by atoms with Crippen molar-refractivity contribution in [3.63, 3.8) is 0 Å². The van der Waals surface area contributed by atoms with E-state index in [0.717, 1.165) is 24.5 Å². The van der Waals surface area contributed by atoms with Crippen LogP contribution in [0.1, 0.15) is 39.4 Å². The largest absolute Gasteiger partial charge is 1.00 e. The molecule has 5 rings (SSSR count). The summed E-state index contributed by atoms with van der Waals surface area (Å²) in [5.74, 6) is -3.20. The lowest BCUT2D eigenvalue weighted by Gasteiger charge is -2.49. The van der Waals surface area contributed by atoms with E-state index < -0.39 is 53.1 Å². The van der Waals surface area contributed by atoms with Crippen LogP contribution in [0, 0.1) is 5.41 Å². The third kappa shape index (κ3) is 6.92. The van der Waals surface area contributed by atoms with Crippen molar-refractivity contribution in [2.75, 3.05) is 37.9 Å². The quantitative estimate of drug-likeness (QED) is 0.0399. The van der Waals surface area contributed by atoms with Crippen LogP contribution >= 0.6 is 23.3 Å². The smallest absolute Gasteiger partial charge is 0.358 e. The van der Waals surface area contributed by atoms with Crippen LogP contribution < -0.4 is 28.8 Å². The second-order valence-electron chi connectivity index (χ2n) is 11.4. The first-order valence-electron chi connectivity index (χ1n) is 13.8. The van der Waals surface area contributed by atoms with Crippen molar-refractivity contribution in [2.24, 2.45) is 10.6 Å². The zero-order valence-corrected chi connectivity index (χ0v) is 27.0. The molecule has 3 fully saturated rings. The van der Waals surface area contributed by atoms with Crippen LogP contribution in [0.25, 0.3) is 0 Å². The number of thioether (sulfide) groups is 1. The number of halogens is 1. The number of allylic oxidation sites excluding steroid dienone is 1. The first-order chi connectivity index (χ1) is 20.9. The second kappa shape index (κ2) is 13.7. The maximum atomic E-state index is 13.4. The summed E-state index contributed by atoms with van der Waals surface area (Å²) in [7, 11) is 0. The number of fused-ring (bicyclic) bond motifs is 1. The average molecular weight is 684 g/mol. The van der Waals surface area contributed by atoms with Crippen molar-refractivity contribution in [1.82, 2.24) is 29.8 Å². The normalized spacial score (nSPS) is 24.3. The maximum absolute atomic E-state index is 13.4. The van der Waals surface area contributed by atoms with E-state index in [-0.39, 0.29) is 46.8 Å². The van der Waals surface area contributed by atoms with E-state index in [1.54, 1.807) is 26.8 Å². The summed E-state index contributed by atoms with van der Waals surface area (Å²) < 4.78 is 14.2. The Labute approximate surface area is 272 Å². The van der Waals surface area contributed by atoms with E-state index in [1.807, 2.05) is 4.90 Å². The van der Waals surface area contributed by atoms with Crippen molar-refractivity contribution < 1.29 is 51.1 Å². The number of aromatic nitrogens is 2. The summed E-state index contributed by atoms with van der Waals surface area (Å²) in [6.45, 7) is 6.37. The number of β-lactam (4-membered cyclic amide) rings is 1.